The summed E-state index contributed by atoms with van der Waals surface area (Å²) in [7, 11) is 0. The zero-order valence-corrected chi connectivity index (χ0v) is 18.8. The Balaban J connectivity index is 1.44. The number of hydrogen-bond acceptors (Lipinski definition) is 11. The lowest BCUT2D eigenvalue weighted by Crippen LogP contribution is -2.71. The molecule has 2 aliphatic heterocycles. The Bertz CT molecular complexity index is 1200. The number of primary amides is 1. The molecule has 178 valence electrons. The zero-order chi connectivity index (χ0) is 24.6. The molecule has 0 radical (unpaired) electrons. The normalized spacial score (nSPS) is 20.4. The van der Waals surface area contributed by atoms with Gasteiger partial charge in [-0.3, -0.25) is 19.3 Å². The summed E-state index contributed by atoms with van der Waals surface area (Å²) < 4.78 is 5.08. The fraction of sp³-hybridized carbons (Fsp3) is 0.263. The number of fused-ring (bicyclic) bond motifs is 1. The van der Waals surface area contributed by atoms with Crippen LogP contribution in [-0.4, -0.2) is 71.9 Å². The minimum atomic E-state index is -1.29. The molecule has 0 saturated carbocycles. The second-order valence-electron chi connectivity index (χ2n) is 7.25. The van der Waals surface area contributed by atoms with Gasteiger partial charge in [0.1, 0.15) is 28.9 Å². The minimum absolute atomic E-state index is 0.0223. The number of thioether (sulfide) groups is 2. The molecule has 2 unspecified atom stereocenters. The number of nitrogens with one attached hydrogen (secondary N) is 1. The molecule has 0 bridgehead atoms. The van der Waals surface area contributed by atoms with Crippen LogP contribution in [0.3, 0.4) is 0 Å². The number of nitrogens with zero attached hydrogens (tertiary/aromatic N) is 3. The van der Waals surface area contributed by atoms with Gasteiger partial charge in [0, 0.05) is 11.5 Å². The highest BCUT2D eigenvalue weighted by Gasteiger charge is 2.54. The van der Waals surface area contributed by atoms with Gasteiger partial charge >= 0.3 is 17.8 Å². The van der Waals surface area contributed by atoms with E-state index in [4.69, 9.17) is 15.9 Å². The molecular weight excluding hydrogens is 488 g/mol. The molecule has 1 aromatic heterocycles. The second kappa shape index (κ2) is 9.36. The molecule has 3 heterocycles. The minimum Gasteiger partial charge on any atom is -0.508 e. The van der Waals surface area contributed by atoms with Crippen molar-refractivity contribution < 1.29 is 33.8 Å². The molecule has 1 fully saturated rings. The number of amides is 3. The number of carboxylic acid groups (broad SMARTS) is 1. The van der Waals surface area contributed by atoms with Crippen LogP contribution in [0, 0.1) is 0 Å². The summed E-state index contributed by atoms with van der Waals surface area (Å²) in [5, 5.41) is 28.3. The summed E-state index contributed by atoms with van der Waals surface area (Å²) in [6, 6.07) is 3.77. The fourth-order valence-corrected chi connectivity index (χ4v) is 5.64. The van der Waals surface area contributed by atoms with E-state index in [1.54, 1.807) is 0 Å². The van der Waals surface area contributed by atoms with Gasteiger partial charge in [0.25, 0.3) is 11.1 Å². The largest absolute Gasteiger partial charge is 0.508 e. The number of aromatic hydroxyl groups is 1. The van der Waals surface area contributed by atoms with Crippen LogP contribution in [0.4, 0.5) is 0 Å². The molecule has 3 atom stereocenters. The summed E-state index contributed by atoms with van der Waals surface area (Å²) >= 11 is 2.30. The monoisotopic (exact) mass is 506 g/mol. The first kappa shape index (κ1) is 23.6. The van der Waals surface area contributed by atoms with Crippen LogP contribution in [0.5, 0.6) is 5.75 Å². The van der Waals surface area contributed by atoms with E-state index < -0.39 is 41.1 Å². The number of phenolic OH excluding ortho intramolecular Hbond substituents is 1. The number of aliphatic carboxylic acids is 1. The number of nitrogens with two attached hydrogens (primary N) is 2. The molecule has 1 saturated heterocycles. The lowest BCUT2D eigenvalue weighted by molar-refractivity contribution is -0.150. The van der Waals surface area contributed by atoms with Gasteiger partial charge in [0.05, 0.1) is 0 Å². The van der Waals surface area contributed by atoms with Gasteiger partial charge in [0.15, 0.2) is 0 Å². The third-order valence-electron chi connectivity index (χ3n) is 5.07. The number of aromatic nitrogens is 2. The highest BCUT2D eigenvalue weighted by atomic mass is 32.2. The van der Waals surface area contributed by atoms with E-state index in [2.05, 4.69) is 15.5 Å². The quantitative estimate of drug-likeness (QED) is 0.224. The standard InChI is InChI=1S/C19H18N6O7S2/c20-10(7-1-3-9(26)4-2-7)14(28)22-11-16(29)25-12(18(30)31)8(5-33-17(11)25)6-34-19-24-23-15(32-19)13(21)27/h1-4,10-11,17,26H,5-6,20H2,(H2,21,27)(H,22,28)(H,30,31)/t10?,11?,17-/m1/s1. The van der Waals surface area contributed by atoms with Gasteiger partial charge in [-0.25, -0.2) is 4.79 Å². The Hall–Kier alpha value is -3.56. The first-order valence-electron chi connectivity index (χ1n) is 9.68. The van der Waals surface area contributed by atoms with Crippen molar-refractivity contribution >= 4 is 47.2 Å². The van der Waals surface area contributed by atoms with Crippen LogP contribution >= 0.6 is 23.5 Å². The van der Waals surface area contributed by atoms with Crippen molar-refractivity contribution in [3.8, 4) is 5.75 Å². The number of hydrogen-bond donors (Lipinski definition) is 5. The Morgan fingerprint density at radius 3 is 2.62 bits per heavy atom. The molecule has 15 heteroatoms. The van der Waals surface area contributed by atoms with Gasteiger partial charge in [-0.05, 0) is 23.3 Å². The van der Waals surface area contributed by atoms with E-state index in [0.717, 1.165) is 16.7 Å². The average molecular weight is 507 g/mol. The molecular formula is C19H18N6O7S2. The summed E-state index contributed by atoms with van der Waals surface area (Å²) in [5.41, 5.74) is 11.7. The molecule has 3 amide bonds. The van der Waals surface area contributed by atoms with Crippen LogP contribution in [0.25, 0.3) is 0 Å². The lowest BCUT2D eigenvalue weighted by Gasteiger charge is -2.49. The number of carboxylic acids is 1. The van der Waals surface area contributed by atoms with Crippen molar-refractivity contribution in [2.75, 3.05) is 11.5 Å². The van der Waals surface area contributed by atoms with Crippen molar-refractivity contribution in [1.29, 1.82) is 0 Å². The zero-order valence-electron chi connectivity index (χ0n) is 17.2. The molecule has 2 aromatic rings. The number of carbonyl (C=O) groups is 4. The van der Waals surface area contributed by atoms with E-state index in [0.29, 0.717) is 11.1 Å². The Kier molecular flexibility index (Phi) is 6.49. The maximum atomic E-state index is 12.8. The fourth-order valence-electron chi connectivity index (χ4n) is 3.39. The molecule has 0 spiro atoms. The summed E-state index contributed by atoms with van der Waals surface area (Å²) in [6.07, 6.45) is 0. The molecule has 34 heavy (non-hydrogen) atoms. The number of benzene rings is 1. The maximum absolute atomic E-state index is 12.8. The highest BCUT2D eigenvalue weighted by molar-refractivity contribution is 8.01. The SMILES string of the molecule is NC(=O)c1nnc(SCC2=C(C(=O)O)N3C(=O)C(NC(=O)C(N)c4ccc(O)cc4)[C@H]3SC2)o1. The smallest absolute Gasteiger partial charge is 0.352 e. The molecule has 0 aliphatic carbocycles. The summed E-state index contributed by atoms with van der Waals surface area (Å²) in [5.74, 6) is -3.30. The Labute approximate surface area is 199 Å². The molecule has 2 aliphatic rings. The van der Waals surface area contributed by atoms with E-state index in [9.17, 15) is 29.4 Å². The second-order valence-corrected chi connectivity index (χ2v) is 9.28. The summed E-state index contributed by atoms with van der Waals surface area (Å²) in [4.78, 5) is 49.5. The predicted octanol–water partition coefficient (Wildman–Crippen LogP) is -0.595. The number of rotatable bonds is 8. The van der Waals surface area contributed by atoms with Crippen LogP contribution in [0.15, 0.2) is 45.2 Å². The topological polar surface area (TPSA) is 215 Å². The van der Waals surface area contributed by atoms with Gasteiger partial charge in [-0.2, -0.15) is 0 Å². The van der Waals surface area contributed by atoms with E-state index in [1.165, 1.54) is 36.0 Å². The third-order valence-corrected chi connectivity index (χ3v) is 7.31. The lowest BCUT2D eigenvalue weighted by atomic mass is 10.0. The number of carbonyl (C=O) groups excluding carboxylic acids is 3. The molecule has 1 aromatic carbocycles. The van der Waals surface area contributed by atoms with Gasteiger partial charge in [0.2, 0.25) is 5.91 Å². The first-order valence-corrected chi connectivity index (χ1v) is 11.7. The number of phenols is 1. The van der Waals surface area contributed by atoms with Gasteiger partial charge in [-0.15, -0.1) is 22.0 Å². The van der Waals surface area contributed by atoms with Crippen molar-refractivity contribution in [1.82, 2.24) is 20.4 Å². The average Bonchev–Trinajstić information content (AvgIpc) is 3.29. The number of β-lactam (4-membered cyclic amide) rings is 1. The first-order chi connectivity index (χ1) is 16.2. The van der Waals surface area contributed by atoms with Crippen LogP contribution in [-0.2, 0) is 14.4 Å². The summed E-state index contributed by atoms with van der Waals surface area (Å²) in [6.45, 7) is 0. The van der Waals surface area contributed by atoms with E-state index in [1.807, 2.05) is 0 Å². The maximum Gasteiger partial charge on any atom is 0.352 e. The van der Waals surface area contributed by atoms with Crippen molar-refractivity contribution in [3.63, 3.8) is 0 Å². The van der Waals surface area contributed by atoms with Crippen LogP contribution < -0.4 is 16.8 Å². The van der Waals surface area contributed by atoms with Crippen molar-refractivity contribution in [2.24, 2.45) is 11.5 Å². The molecule has 7 N–H and O–H groups in total. The third kappa shape index (κ3) is 4.44. The predicted molar refractivity (Wildman–Crippen MR) is 118 cm³/mol. The Morgan fingerprint density at radius 1 is 1.29 bits per heavy atom. The van der Waals surface area contributed by atoms with Crippen molar-refractivity contribution in [2.45, 2.75) is 22.7 Å². The van der Waals surface area contributed by atoms with Gasteiger partial charge < -0.3 is 31.4 Å². The molecule has 4 rings (SSSR count). The Morgan fingerprint density at radius 2 is 2.00 bits per heavy atom. The highest BCUT2D eigenvalue weighted by Crippen LogP contribution is 2.41. The van der Waals surface area contributed by atoms with Crippen molar-refractivity contribution in [3.05, 3.63) is 47.0 Å². The van der Waals surface area contributed by atoms with Gasteiger partial charge in [-0.1, -0.05) is 23.9 Å². The van der Waals surface area contributed by atoms with E-state index in [-0.39, 0.29) is 34.1 Å². The van der Waals surface area contributed by atoms with Crippen LogP contribution in [0.1, 0.15) is 22.3 Å². The molecule has 13 nitrogen and oxygen atoms in total. The van der Waals surface area contributed by atoms with Crippen LogP contribution in [0.2, 0.25) is 0 Å². The van der Waals surface area contributed by atoms with E-state index >= 15 is 0 Å².